The van der Waals surface area contributed by atoms with Gasteiger partial charge < -0.3 is 5.32 Å². The largest absolute Gasteiger partial charge is 0.426 e. The number of nitrogens with zero attached hydrogens (tertiary/aromatic N) is 1. The van der Waals surface area contributed by atoms with E-state index in [9.17, 15) is 22.8 Å². The van der Waals surface area contributed by atoms with Gasteiger partial charge in [-0.3, -0.25) is 4.79 Å². The van der Waals surface area contributed by atoms with Gasteiger partial charge in [0.1, 0.15) is 0 Å². The van der Waals surface area contributed by atoms with E-state index in [2.05, 4.69) is 0 Å². The van der Waals surface area contributed by atoms with Crippen molar-refractivity contribution in [1.82, 2.24) is 5.32 Å². The summed E-state index contributed by atoms with van der Waals surface area (Å²) >= 11 is 0.0407. The Morgan fingerprint density at radius 2 is 1.42 bits per heavy atom. The van der Waals surface area contributed by atoms with E-state index in [0.717, 1.165) is 11.1 Å². The third-order valence-electron chi connectivity index (χ3n) is 4.06. The van der Waals surface area contributed by atoms with Gasteiger partial charge in [0.25, 0.3) is 5.24 Å². The number of hydrogen-bond donors (Lipinski definition) is 1. The van der Waals surface area contributed by atoms with Gasteiger partial charge in [0.2, 0.25) is 4.87 Å². The minimum Gasteiger partial charge on any atom is -0.310 e. The Labute approximate surface area is 152 Å². The highest BCUT2D eigenvalue weighted by Gasteiger charge is 2.62. The molecule has 0 aliphatic carbocycles. The summed E-state index contributed by atoms with van der Waals surface area (Å²) < 4.78 is 41.7. The van der Waals surface area contributed by atoms with Gasteiger partial charge in [-0.05, 0) is 43.3 Å². The van der Waals surface area contributed by atoms with Gasteiger partial charge in [-0.15, -0.1) is 0 Å². The van der Waals surface area contributed by atoms with Gasteiger partial charge in [-0.1, -0.05) is 47.5 Å². The van der Waals surface area contributed by atoms with Crippen molar-refractivity contribution in [3.8, 4) is 0 Å². The van der Waals surface area contributed by atoms with Crippen LogP contribution in [0.25, 0.3) is 0 Å². The Morgan fingerprint density at radius 3 is 1.88 bits per heavy atom. The molecule has 3 amide bonds. The number of benzene rings is 2. The fourth-order valence-corrected chi connectivity index (χ4v) is 3.67. The molecule has 0 bridgehead atoms. The number of anilines is 1. The first-order chi connectivity index (χ1) is 12.1. The number of rotatable bonds is 2. The molecule has 1 aliphatic heterocycles. The van der Waals surface area contributed by atoms with E-state index >= 15 is 0 Å². The lowest BCUT2D eigenvalue weighted by molar-refractivity contribution is -0.167. The molecule has 1 atom stereocenters. The first kappa shape index (κ1) is 18.3. The first-order valence-corrected chi connectivity index (χ1v) is 8.51. The third kappa shape index (κ3) is 3.05. The second kappa shape index (κ2) is 6.35. The number of carbonyl (C=O) groups is 2. The van der Waals surface area contributed by atoms with Crippen LogP contribution in [0.3, 0.4) is 0 Å². The number of carbonyl (C=O) groups excluding carboxylic acids is 2. The van der Waals surface area contributed by atoms with Gasteiger partial charge in [0, 0.05) is 0 Å². The Bertz CT molecular complexity index is 830. The minimum absolute atomic E-state index is 0.0407. The third-order valence-corrected chi connectivity index (χ3v) is 5.29. The lowest BCUT2D eigenvalue weighted by atomic mass is 10.0. The predicted octanol–water partition coefficient (Wildman–Crippen LogP) is 5.10. The zero-order valence-electron chi connectivity index (χ0n) is 13.9. The van der Waals surface area contributed by atoms with Gasteiger partial charge in [0.05, 0.1) is 5.69 Å². The summed E-state index contributed by atoms with van der Waals surface area (Å²) in [5.41, 5.74) is 1.68. The van der Waals surface area contributed by atoms with Crippen LogP contribution in [0.1, 0.15) is 16.7 Å². The van der Waals surface area contributed by atoms with Crippen LogP contribution in [0.4, 0.5) is 28.4 Å². The van der Waals surface area contributed by atoms with E-state index in [1.54, 1.807) is 19.1 Å². The lowest BCUT2D eigenvalue weighted by Gasteiger charge is -2.41. The fraction of sp³-hybridized carbons (Fsp3) is 0.222. The molecule has 0 radical (unpaired) electrons. The van der Waals surface area contributed by atoms with Gasteiger partial charge in [0.15, 0.2) is 0 Å². The Morgan fingerprint density at radius 1 is 0.923 bits per heavy atom. The van der Waals surface area contributed by atoms with Gasteiger partial charge >= 0.3 is 12.2 Å². The number of imide groups is 1. The van der Waals surface area contributed by atoms with Gasteiger partial charge in [-0.25, -0.2) is 9.69 Å². The van der Waals surface area contributed by atoms with E-state index < -0.39 is 22.3 Å². The number of amides is 3. The number of hydrogen-bond acceptors (Lipinski definition) is 3. The topological polar surface area (TPSA) is 49.4 Å². The Kier molecular flexibility index (Phi) is 4.47. The molecule has 3 rings (SSSR count). The number of urea groups is 1. The molecule has 26 heavy (non-hydrogen) atoms. The predicted molar refractivity (Wildman–Crippen MR) is 94.1 cm³/mol. The van der Waals surface area contributed by atoms with Crippen molar-refractivity contribution in [2.24, 2.45) is 0 Å². The maximum absolute atomic E-state index is 13.9. The summed E-state index contributed by atoms with van der Waals surface area (Å²) in [6.45, 7) is 3.56. The maximum Gasteiger partial charge on any atom is 0.426 e. The second-order valence-electron chi connectivity index (χ2n) is 6.01. The zero-order valence-corrected chi connectivity index (χ0v) is 14.7. The smallest absolute Gasteiger partial charge is 0.310 e. The molecule has 1 aliphatic rings. The lowest BCUT2D eigenvalue weighted by Crippen LogP contribution is -2.62. The highest BCUT2D eigenvalue weighted by Crippen LogP contribution is 2.50. The Hall–Kier alpha value is -2.48. The molecule has 0 spiro atoms. The molecule has 1 heterocycles. The van der Waals surface area contributed by atoms with E-state index in [1.807, 2.05) is 12.2 Å². The van der Waals surface area contributed by atoms with Crippen LogP contribution in [-0.4, -0.2) is 17.4 Å². The first-order valence-electron chi connectivity index (χ1n) is 7.70. The highest BCUT2D eigenvalue weighted by atomic mass is 32.2. The van der Waals surface area contributed by atoms with Crippen molar-refractivity contribution in [1.29, 1.82) is 0 Å². The molecule has 1 saturated heterocycles. The summed E-state index contributed by atoms with van der Waals surface area (Å²) in [6, 6.07) is 10.8. The van der Waals surface area contributed by atoms with Crippen molar-refractivity contribution < 1.29 is 22.8 Å². The molecule has 136 valence electrons. The van der Waals surface area contributed by atoms with E-state index in [0.29, 0.717) is 4.90 Å². The number of alkyl halides is 3. The summed E-state index contributed by atoms with van der Waals surface area (Å²) in [6.07, 6.45) is -4.86. The van der Waals surface area contributed by atoms with Crippen LogP contribution in [0.5, 0.6) is 0 Å². The van der Waals surface area contributed by atoms with Crippen molar-refractivity contribution in [3.63, 3.8) is 0 Å². The minimum atomic E-state index is -4.86. The van der Waals surface area contributed by atoms with Crippen LogP contribution in [0, 0.1) is 13.8 Å². The average molecular weight is 380 g/mol. The summed E-state index contributed by atoms with van der Waals surface area (Å²) in [5, 5.41) is 1.01. The van der Waals surface area contributed by atoms with Crippen LogP contribution in [-0.2, 0) is 4.87 Å². The zero-order chi connectivity index (χ0) is 19.1. The normalized spacial score (nSPS) is 20.9. The monoisotopic (exact) mass is 380 g/mol. The summed E-state index contributed by atoms with van der Waals surface area (Å²) in [4.78, 5) is 22.9. The maximum atomic E-state index is 13.9. The van der Waals surface area contributed by atoms with Crippen molar-refractivity contribution in [2.75, 3.05) is 4.90 Å². The summed E-state index contributed by atoms with van der Waals surface area (Å²) in [5.74, 6) is 0. The van der Waals surface area contributed by atoms with Crippen LogP contribution < -0.4 is 10.2 Å². The number of aryl methyl sites for hydroxylation is 2. The van der Waals surface area contributed by atoms with E-state index in [4.69, 9.17) is 0 Å². The molecule has 0 unspecified atom stereocenters. The van der Waals surface area contributed by atoms with E-state index in [-0.39, 0.29) is 23.0 Å². The van der Waals surface area contributed by atoms with Crippen molar-refractivity contribution in [2.45, 2.75) is 24.9 Å². The molecular formula is C18H15F3N2O2S. The summed E-state index contributed by atoms with van der Waals surface area (Å²) in [7, 11) is 0. The number of nitrogens with one attached hydrogen (secondary N) is 1. The van der Waals surface area contributed by atoms with Gasteiger partial charge in [-0.2, -0.15) is 13.2 Å². The number of halogens is 3. The molecule has 1 N–H and O–H groups in total. The van der Waals surface area contributed by atoms with Crippen LogP contribution in [0.2, 0.25) is 0 Å². The SMILES string of the molecule is Cc1ccc(N2C(=O)N[C@@](c3ccc(C)cc3)(C(F)(F)F)SC2=O)cc1. The second-order valence-corrected chi connectivity index (χ2v) is 7.18. The molecule has 8 heteroatoms. The fourth-order valence-electron chi connectivity index (χ4n) is 2.62. The Balaban J connectivity index is 2.03. The van der Waals surface area contributed by atoms with E-state index in [1.165, 1.54) is 36.4 Å². The molecule has 2 aromatic carbocycles. The quantitative estimate of drug-likeness (QED) is 0.788. The molecule has 1 fully saturated rings. The average Bonchev–Trinajstić information content (AvgIpc) is 2.55. The van der Waals surface area contributed by atoms with Crippen molar-refractivity contribution >= 4 is 28.7 Å². The standard InChI is InChI=1S/C18H15F3N2O2S/c1-11-3-7-13(8-4-11)17(18(19,20)21)22-15(24)23(16(25)26-17)14-9-5-12(2)6-10-14/h3-10H,1-2H3,(H,22,24)/t17-/m1/s1. The van der Waals surface area contributed by atoms with Crippen LogP contribution >= 0.6 is 11.8 Å². The molecule has 4 nitrogen and oxygen atoms in total. The molecule has 2 aromatic rings. The van der Waals surface area contributed by atoms with Crippen molar-refractivity contribution in [3.05, 3.63) is 65.2 Å². The van der Waals surface area contributed by atoms with Crippen LogP contribution in [0.15, 0.2) is 48.5 Å². The number of thioether (sulfide) groups is 1. The molecule has 0 saturated carbocycles. The molecular weight excluding hydrogens is 365 g/mol. The molecule has 0 aromatic heterocycles. The highest BCUT2D eigenvalue weighted by molar-refractivity contribution is 8.14.